The molecule has 2 N–H and O–H groups in total. The van der Waals surface area contributed by atoms with Gasteiger partial charge in [-0.1, -0.05) is 30.5 Å². The fraction of sp³-hybridized carbons (Fsp3) is 0.481. The zero-order valence-electron chi connectivity index (χ0n) is 19.8. The summed E-state index contributed by atoms with van der Waals surface area (Å²) < 4.78 is 0. The Hall–Kier alpha value is -2.57. The molecule has 2 aromatic rings. The van der Waals surface area contributed by atoms with E-state index in [0.29, 0.717) is 34.8 Å². The van der Waals surface area contributed by atoms with Gasteiger partial charge in [0.2, 0.25) is 5.91 Å². The zero-order valence-corrected chi connectivity index (χ0v) is 20.5. The Morgan fingerprint density at radius 2 is 1.79 bits per heavy atom. The van der Waals surface area contributed by atoms with E-state index < -0.39 is 0 Å². The predicted molar refractivity (Wildman–Crippen MR) is 138 cm³/mol. The molecule has 0 bridgehead atoms. The molecule has 2 amide bonds. The first-order valence-corrected chi connectivity index (χ1v) is 12.9. The Labute approximate surface area is 206 Å². The molecule has 2 aromatic carbocycles. The molecular formula is C27H33ClN4O2. The van der Waals surface area contributed by atoms with E-state index in [2.05, 4.69) is 15.5 Å². The van der Waals surface area contributed by atoms with E-state index >= 15 is 0 Å². The van der Waals surface area contributed by atoms with Crippen LogP contribution in [0.3, 0.4) is 0 Å². The predicted octanol–water partition coefficient (Wildman–Crippen LogP) is 5.32. The van der Waals surface area contributed by atoms with Crippen molar-refractivity contribution in [3.05, 3.63) is 52.5 Å². The standard InChI is InChI=1S/C27H33ClN4O2/c1-31-25-17-20(11-8-18(25)9-13-26(31)33)29-27(34)21-12-10-19(28)16-23(21)30-22-6-2-3-7-24(22)32-14-4-5-15-32/h8,10-12,16-17,22,24,30H,2-7,9,13-15H2,1H3,(H,29,34)/t22-,24-/m0/s1. The first-order chi connectivity index (χ1) is 16.5. The topological polar surface area (TPSA) is 64.7 Å². The molecule has 1 aliphatic carbocycles. The number of halogens is 1. The van der Waals surface area contributed by atoms with Gasteiger partial charge in [0.15, 0.2) is 0 Å². The second-order valence-electron chi connectivity index (χ2n) is 9.79. The van der Waals surface area contributed by atoms with E-state index in [1.165, 1.54) is 45.2 Å². The van der Waals surface area contributed by atoms with E-state index in [9.17, 15) is 9.59 Å². The number of likely N-dealkylation sites (tertiary alicyclic amines) is 1. The lowest BCUT2D eigenvalue weighted by Gasteiger charge is -2.39. The van der Waals surface area contributed by atoms with Crippen LogP contribution < -0.4 is 15.5 Å². The maximum absolute atomic E-state index is 13.4. The van der Waals surface area contributed by atoms with Gasteiger partial charge in [0, 0.05) is 47.6 Å². The fourth-order valence-electron chi connectivity index (χ4n) is 5.73. The van der Waals surface area contributed by atoms with Crippen LogP contribution in [0.2, 0.25) is 5.02 Å². The minimum Gasteiger partial charge on any atom is -0.380 e. The lowest BCUT2D eigenvalue weighted by molar-refractivity contribution is -0.118. The number of aryl methyl sites for hydroxylation is 1. The maximum atomic E-state index is 13.4. The summed E-state index contributed by atoms with van der Waals surface area (Å²) in [6.07, 6.45) is 8.56. The molecule has 2 fully saturated rings. The lowest BCUT2D eigenvalue weighted by atomic mass is 9.89. The molecule has 3 aliphatic rings. The number of hydrogen-bond acceptors (Lipinski definition) is 4. The largest absolute Gasteiger partial charge is 0.380 e. The van der Waals surface area contributed by atoms with E-state index in [-0.39, 0.29) is 11.8 Å². The maximum Gasteiger partial charge on any atom is 0.257 e. The van der Waals surface area contributed by atoms with Crippen LogP contribution in [-0.4, -0.2) is 48.9 Å². The number of rotatable bonds is 5. The van der Waals surface area contributed by atoms with Gasteiger partial charge in [-0.05, 0) is 81.1 Å². The van der Waals surface area contributed by atoms with Gasteiger partial charge in [-0.2, -0.15) is 0 Å². The second kappa shape index (κ2) is 9.96. The third kappa shape index (κ3) is 4.80. The molecule has 180 valence electrons. The molecule has 2 aliphatic heterocycles. The molecule has 0 unspecified atom stereocenters. The number of fused-ring (bicyclic) bond motifs is 1. The first kappa shape index (κ1) is 23.2. The quantitative estimate of drug-likeness (QED) is 0.607. The Kier molecular flexibility index (Phi) is 6.79. The van der Waals surface area contributed by atoms with Crippen molar-refractivity contribution in [1.82, 2.24) is 4.90 Å². The van der Waals surface area contributed by atoms with Crippen LogP contribution in [0.1, 0.15) is 60.9 Å². The molecular weight excluding hydrogens is 448 g/mol. The highest BCUT2D eigenvalue weighted by Crippen LogP contribution is 2.32. The molecule has 0 spiro atoms. The number of nitrogens with one attached hydrogen (secondary N) is 2. The van der Waals surface area contributed by atoms with Crippen LogP contribution in [0.25, 0.3) is 0 Å². The number of nitrogens with zero attached hydrogens (tertiary/aromatic N) is 2. The average Bonchev–Trinajstić information content (AvgIpc) is 3.37. The summed E-state index contributed by atoms with van der Waals surface area (Å²) in [7, 11) is 1.79. The van der Waals surface area contributed by atoms with E-state index in [4.69, 9.17) is 11.6 Å². The Bertz CT molecular complexity index is 1080. The van der Waals surface area contributed by atoms with Crippen LogP contribution >= 0.6 is 11.6 Å². The highest BCUT2D eigenvalue weighted by molar-refractivity contribution is 6.31. The average molecular weight is 481 g/mol. The normalized spacial score (nSPS) is 23.0. The second-order valence-corrected chi connectivity index (χ2v) is 10.2. The van der Waals surface area contributed by atoms with Crippen molar-refractivity contribution in [1.29, 1.82) is 0 Å². The minimum atomic E-state index is -0.183. The zero-order chi connectivity index (χ0) is 23.7. The summed E-state index contributed by atoms with van der Waals surface area (Å²) in [6.45, 7) is 2.34. The molecule has 5 rings (SSSR count). The number of amides is 2. The van der Waals surface area contributed by atoms with Crippen LogP contribution in [0.15, 0.2) is 36.4 Å². The van der Waals surface area contributed by atoms with Gasteiger partial charge in [0.1, 0.15) is 0 Å². The van der Waals surface area contributed by atoms with E-state index in [1.54, 1.807) is 24.1 Å². The van der Waals surface area contributed by atoms with Crippen molar-refractivity contribution in [3.63, 3.8) is 0 Å². The van der Waals surface area contributed by atoms with Crippen LogP contribution in [-0.2, 0) is 11.2 Å². The minimum absolute atomic E-state index is 0.0974. The van der Waals surface area contributed by atoms with Crippen molar-refractivity contribution in [2.75, 3.05) is 35.7 Å². The third-order valence-corrected chi connectivity index (χ3v) is 7.83. The molecule has 1 saturated carbocycles. The van der Waals surface area contributed by atoms with Crippen molar-refractivity contribution < 1.29 is 9.59 Å². The summed E-state index contributed by atoms with van der Waals surface area (Å²) in [5.74, 6) is -0.0855. The van der Waals surface area contributed by atoms with Gasteiger partial charge in [-0.25, -0.2) is 0 Å². The Morgan fingerprint density at radius 1 is 1.00 bits per heavy atom. The van der Waals surface area contributed by atoms with Crippen molar-refractivity contribution in [2.24, 2.45) is 0 Å². The Balaban J connectivity index is 1.36. The lowest BCUT2D eigenvalue weighted by Crippen LogP contribution is -2.47. The number of carbonyl (C=O) groups is 2. The number of anilines is 3. The van der Waals surface area contributed by atoms with Crippen molar-refractivity contribution >= 4 is 40.5 Å². The van der Waals surface area contributed by atoms with Gasteiger partial charge in [-0.15, -0.1) is 0 Å². The Morgan fingerprint density at radius 3 is 2.62 bits per heavy atom. The van der Waals surface area contributed by atoms with Gasteiger partial charge < -0.3 is 15.5 Å². The van der Waals surface area contributed by atoms with Gasteiger partial charge >= 0.3 is 0 Å². The summed E-state index contributed by atoms with van der Waals surface area (Å²) >= 11 is 6.35. The summed E-state index contributed by atoms with van der Waals surface area (Å²) in [6, 6.07) is 12.0. The first-order valence-electron chi connectivity index (χ1n) is 12.5. The SMILES string of the molecule is CN1C(=O)CCc2ccc(NC(=O)c3ccc(Cl)cc3N[C@H]3CCCC[C@@H]3N3CCCC3)cc21. The molecule has 1 saturated heterocycles. The van der Waals surface area contributed by atoms with Crippen LogP contribution in [0.4, 0.5) is 17.1 Å². The molecule has 0 aromatic heterocycles. The molecule has 6 nitrogen and oxygen atoms in total. The van der Waals surface area contributed by atoms with Crippen LogP contribution in [0, 0.1) is 0 Å². The highest BCUT2D eigenvalue weighted by atomic mass is 35.5. The van der Waals surface area contributed by atoms with Gasteiger partial charge in [-0.3, -0.25) is 14.5 Å². The highest BCUT2D eigenvalue weighted by Gasteiger charge is 2.32. The third-order valence-electron chi connectivity index (χ3n) is 7.59. The van der Waals surface area contributed by atoms with E-state index in [0.717, 1.165) is 29.8 Å². The summed E-state index contributed by atoms with van der Waals surface area (Å²) in [5, 5.41) is 7.36. The van der Waals surface area contributed by atoms with E-state index in [1.807, 2.05) is 24.3 Å². The monoisotopic (exact) mass is 480 g/mol. The van der Waals surface area contributed by atoms with Crippen molar-refractivity contribution in [3.8, 4) is 0 Å². The summed E-state index contributed by atoms with van der Waals surface area (Å²) in [4.78, 5) is 29.8. The number of carbonyl (C=O) groups excluding carboxylic acids is 2. The molecule has 34 heavy (non-hydrogen) atoms. The van der Waals surface area contributed by atoms with Gasteiger partial charge in [0.05, 0.1) is 5.56 Å². The fourth-order valence-corrected chi connectivity index (χ4v) is 5.90. The molecule has 0 radical (unpaired) electrons. The smallest absolute Gasteiger partial charge is 0.257 e. The molecule has 2 heterocycles. The van der Waals surface area contributed by atoms with Crippen molar-refractivity contribution in [2.45, 2.75) is 63.5 Å². The summed E-state index contributed by atoms with van der Waals surface area (Å²) in [5.41, 5.74) is 4.03. The number of hydrogen-bond donors (Lipinski definition) is 2. The molecule has 7 heteroatoms. The van der Waals surface area contributed by atoms with Gasteiger partial charge in [0.25, 0.3) is 5.91 Å². The number of benzene rings is 2. The van der Waals surface area contributed by atoms with Crippen LogP contribution in [0.5, 0.6) is 0 Å². The molecule has 2 atom stereocenters.